The number of rotatable bonds is 5. The summed E-state index contributed by atoms with van der Waals surface area (Å²) in [5, 5.41) is 0. The monoisotopic (exact) mass is 218 g/mol. The van der Waals surface area contributed by atoms with Crippen LogP contribution in [0.3, 0.4) is 0 Å². The lowest BCUT2D eigenvalue weighted by atomic mass is 9.99. The van der Waals surface area contributed by atoms with Gasteiger partial charge in [-0.1, -0.05) is 63.6 Å². The van der Waals surface area contributed by atoms with Gasteiger partial charge in [0.25, 0.3) is 0 Å². The number of aryl methyl sites for hydroxylation is 1. The molecule has 0 unspecified atom stereocenters. The first-order valence-electron chi connectivity index (χ1n) is 6.39. The third kappa shape index (κ3) is 8.28. The topological polar surface area (TPSA) is 0 Å². The van der Waals surface area contributed by atoms with E-state index >= 15 is 0 Å². The second-order valence-corrected chi connectivity index (χ2v) is 4.23. The van der Waals surface area contributed by atoms with Crippen molar-refractivity contribution in [3.63, 3.8) is 0 Å². The Morgan fingerprint density at radius 1 is 1.19 bits per heavy atom. The van der Waals surface area contributed by atoms with Gasteiger partial charge in [0.05, 0.1) is 0 Å². The molecular weight excluding hydrogens is 192 g/mol. The molecule has 0 fully saturated rings. The molecule has 0 heteroatoms. The molecule has 0 radical (unpaired) electrons. The van der Waals surface area contributed by atoms with Crippen LogP contribution in [0.25, 0.3) is 0 Å². The van der Waals surface area contributed by atoms with Gasteiger partial charge in [0.1, 0.15) is 0 Å². The number of benzene rings is 1. The van der Waals surface area contributed by atoms with Gasteiger partial charge in [0, 0.05) is 0 Å². The number of hydrogen-bond donors (Lipinski definition) is 0. The van der Waals surface area contributed by atoms with Crippen molar-refractivity contribution in [1.82, 2.24) is 0 Å². The first-order chi connectivity index (χ1) is 7.74. The van der Waals surface area contributed by atoms with Gasteiger partial charge in [-0.3, -0.25) is 0 Å². The minimum atomic E-state index is 0.866. The van der Waals surface area contributed by atoms with Crippen LogP contribution >= 0.6 is 0 Å². The minimum Gasteiger partial charge on any atom is -0.103 e. The Balaban J connectivity index is 0.000000487. The normalized spacial score (nSPS) is 11.2. The SMILES string of the molecule is C=CCC.CC[C@@H](C)CCc1ccccc1. The third-order valence-electron chi connectivity index (χ3n) is 2.75. The lowest BCUT2D eigenvalue weighted by molar-refractivity contribution is 0.516. The van der Waals surface area contributed by atoms with Gasteiger partial charge in [-0.25, -0.2) is 0 Å². The van der Waals surface area contributed by atoms with Gasteiger partial charge in [-0.15, -0.1) is 6.58 Å². The molecule has 0 saturated heterocycles. The van der Waals surface area contributed by atoms with Crippen LogP contribution in [0.1, 0.15) is 45.6 Å². The second-order valence-electron chi connectivity index (χ2n) is 4.23. The van der Waals surface area contributed by atoms with E-state index in [0.717, 1.165) is 12.3 Å². The molecule has 0 N–H and O–H groups in total. The van der Waals surface area contributed by atoms with E-state index in [0.29, 0.717) is 0 Å². The van der Waals surface area contributed by atoms with E-state index in [1.54, 1.807) is 0 Å². The Labute approximate surface area is 101 Å². The molecule has 0 aliphatic heterocycles. The highest BCUT2D eigenvalue weighted by Crippen LogP contribution is 2.11. The van der Waals surface area contributed by atoms with Crippen LogP contribution in [0.2, 0.25) is 0 Å². The highest BCUT2D eigenvalue weighted by molar-refractivity contribution is 5.14. The van der Waals surface area contributed by atoms with Crippen LogP contribution in [0.4, 0.5) is 0 Å². The predicted octanol–water partition coefficient (Wildman–Crippen LogP) is 5.25. The first-order valence-corrected chi connectivity index (χ1v) is 6.39. The summed E-state index contributed by atoms with van der Waals surface area (Å²) in [6.45, 7) is 10.1. The molecule has 0 heterocycles. The van der Waals surface area contributed by atoms with Gasteiger partial charge in [0.2, 0.25) is 0 Å². The Hall–Kier alpha value is -1.04. The minimum absolute atomic E-state index is 0.866. The summed E-state index contributed by atoms with van der Waals surface area (Å²) >= 11 is 0. The predicted molar refractivity (Wildman–Crippen MR) is 74.7 cm³/mol. The van der Waals surface area contributed by atoms with Crippen LogP contribution in [0, 0.1) is 5.92 Å². The van der Waals surface area contributed by atoms with Crippen molar-refractivity contribution < 1.29 is 0 Å². The molecule has 0 bridgehead atoms. The summed E-state index contributed by atoms with van der Waals surface area (Å²) in [7, 11) is 0. The van der Waals surface area contributed by atoms with Crippen molar-refractivity contribution in [3.05, 3.63) is 48.6 Å². The quantitative estimate of drug-likeness (QED) is 0.592. The van der Waals surface area contributed by atoms with E-state index in [4.69, 9.17) is 0 Å². The Morgan fingerprint density at radius 3 is 2.19 bits per heavy atom. The van der Waals surface area contributed by atoms with Crippen molar-refractivity contribution in [2.75, 3.05) is 0 Å². The van der Waals surface area contributed by atoms with E-state index in [-0.39, 0.29) is 0 Å². The highest BCUT2D eigenvalue weighted by Gasteiger charge is 1.98. The van der Waals surface area contributed by atoms with Crippen molar-refractivity contribution in [2.24, 2.45) is 5.92 Å². The lowest BCUT2D eigenvalue weighted by Gasteiger charge is -2.07. The van der Waals surface area contributed by atoms with Gasteiger partial charge in [0.15, 0.2) is 0 Å². The smallest absolute Gasteiger partial charge is 0.0276 e. The number of hydrogen-bond acceptors (Lipinski definition) is 0. The fourth-order valence-electron chi connectivity index (χ4n) is 1.26. The summed E-state index contributed by atoms with van der Waals surface area (Å²) in [5.74, 6) is 0.866. The molecule has 0 aliphatic carbocycles. The van der Waals surface area contributed by atoms with Crippen LogP contribution in [0.15, 0.2) is 43.0 Å². The summed E-state index contributed by atoms with van der Waals surface area (Å²) < 4.78 is 0. The Bertz CT molecular complexity index is 248. The fourth-order valence-corrected chi connectivity index (χ4v) is 1.26. The molecule has 16 heavy (non-hydrogen) atoms. The van der Waals surface area contributed by atoms with Gasteiger partial charge in [-0.2, -0.15) is 0 Å². The maximum Gasteiger partial charge on any atom is -0.0276 e. The molecular formula is C16H26. The average Bonchev–Trinajstić information content (AvgIpc) is 2.37. The summed E-state index contributed by atoms with van der Waals surface area (Å²) in [6.07, 6.45) is 6.81. The largest absolute Gasteiger partial charge is 0.103 e. The van der Waals surface area contributed by atoms with E-state index in [1.807, 2.05) is 6.08 Å². The van der Waals surface area contributed by atoms with E-state index in [2.05, 4.69) is 57.7 Å². The molecule has 0 spiro atoms. The maximum atomic E-state index is 3.48. The van der Waals surface area contributed by atoms with Gasteiger partial charge in [-0.05, 0) is 30.7 Å². The van der Waals surface area contributed by atoms with Crippen molar-refractivity contribution in [3.8, 4) is 0 Å². The lowest BCUT2D eigenvalue weighted by Crippen LogP contribution is -1.94. The van der Waals surface area contributed by atoms with E-state index in [1.165, 1.54) is 24.8 Å². The molecule has 1 atom stereocenters. The van der Waals surface area contributed by atoms with E-state index in [9.17, 15) is 0 Å². The summed E-state index contributed by atoms with van der Waals surface area (Å²) in [6, 6.07) is 10.7. The highest BCUT2D eigenvalue weighted by atomic mass is 14.0. The Kier molecular flexibility index (Phi) is 9.80. The first kappa shape index (κ1) is 15.0. The summed E-state index contributed by atoms with van der Waals surface area (Å²) in [5.41, 5.74) is 1.47. The fraction of sp³-hybridized carbons (Fsp3) is 0.500. The van der Waals surface area contributed by atoms with E-state index < -0.39 is 0 Å². The summed E-state index contributed by atoms with van der Waals surface area (Å²) in [4.78, 5) is 0. The Morgan fingerprint density at radius 2 is 1.75 bits per heavy atom. The van der Waals surface area contributed by atoms with Crippen LogP contribution in [-0.2, 0) is 6.42 Å². The van der Waals surface area contributed by atoms with Gasteiger partial charge < -0.3 is 0 Å². The standard InChI is InChI=1S/C12H18.C4H8/c1-3-11(2)9-10-12-7-5-4-6-8-12;1-3-4-2/h4-8,11H,3,9-10H2,1-2H3;3H,1,4H2,2H3/t11-;/m1./s1. The van der Waals surface area contributed by atoms with Crippen LogP contribution in [0.5, 0.6) is 0 Å². The molecule has 90 valence electrons. The average molecular weight is 218 g/mol. The van der Waals surface area contributed by atoms with Crippen molar-refractivity contribution in [1.29, 1.82) is 0 Å². The third-order valence-corrected chi connectivity index (χ3v) is 2.75. The molecule has 1 aromatic carbocycles. The zero-order valence-corrected chi connectivity index (χ0v) is 11.1. The zero-order chi connectivity index (χ0) is 12.2. The molecule has 0 aromatic heterocycles. The molecule has 0 nitrogen and oxygen atoms in total. The number of allylic oxidation sites excluding steroid dienone is 1. The van der Waals surface area contributed by atoms with Gasteiger partial charge >= 0.3 is 0 Å². The zero-order valence-electron chi connectivity index (χ0n) is 11.1. The molecule has 0 amide bonds. The molecule has 1 rings (SSSR count). The van der Waals surface area contributed by atoms with Crippen molar-refractivity contribution >= 4 is 0 Å². The maximum absolute atomic E-state index is 3.48. The molecule has 0 aliphatic rings. The van der Waals surface area contributed by atoms with Crippen LogP contribution in [-0.4, -0.2) is 0 Å². The molecule has 1 aromatic rings. The second kappa shape index (κ2) is 10.5. The van der Waals surface area contributed by atoms with Crippen LogP contribution < -0.4 is 0 Å². The molecule has 0 saturated carbocycles. The van der Waals surface area contributed by atoms with Crippen molar-refractivity contribution in [2.45, 2.75) is 46.5 Å².